The molecule has 0 saturated carbocycles. The maximum atomic E-state index is 12.8. The van der Waals surface area contributed by atoms with E-state index >= 15 is 0 Å². The Hall–Kier alpha value is -2.25. The van der Waals surface area contributed by atoms with Gasteiger partial charge in [-0.3, -0.25) is 4.79 Å². The summed E-state index contributed by atoms with van der Waals surface area (Å²) in [7, 11) is 3.24. The molecule has 1 aliphatic heterocycles. The van der Waals surface area contributed by atoms with E-state index in [2.05, 4.69) is 10.1 Å². The molecule has 134 valence electrons. The van der Waals surface area contributed by atoms with Gasteiger partial charge >= 0.3 is 0 Å². The Morgan fingerprint density at radius 2 is 2.16 bits per heavy atom. The zero-order chi connectivity index (χ0) is 17.8. The zero-order valence-corrected chi connectivity index (χ0v) is 14.8. The monoisotopic (exact) mass is 345 g/mol. The van der Waals surface area contributed by atoms with Crippen molar-refractivity contribution in [3.63, 3.8) is 0 Å². The topological polar surface area (TPSA) is 77.7 Å². The Morgan fingerprint density at radius 3 is 2.88 bits per heavy atom. The van der Waals surface area contributed by atoms with Crippen LogP contribution in [0.1, 0.15) is 33.6 Å². The van der Waals surface area contributed by atoms with Gasteiger partial charge < -0.3 is 18.9 Å². The molecule has 25 heavy (non-hydrogen) atoms. The van der Waals surface area contributed by atoms with E-state index in [1.807, 2.05) is 36.1 Å². The number of likely N-dealkylation sites (tertiary alicyclic amines) is 1. The predicted molar refractivity (Wildman–Crippen MR) is 90.2 cm³/mol. The van der Waals surface area contributed by atoms with Crippen LogP contribution in [-0.4, -0.2) is 54.9 Å². The zero-order valence-electron chi connectivity index (χ0n) is 14.8. The molecule has 0 aliphatic carbocycles. The molecule has 2 atom stereocenters. The van der Waals surface area contributed by atoms with Crippen molar-refractivity contribution in [2.45, 2.75) is 19.4 Å². The van der Waals surface area contributed by atoms with Crippen LogP contribution in [0.15, 0.2) is 28.8 Å². The van der Waals surface area contributed by atoms with E-state index in [4.69, 9.17) is 14.0 Å². The van der Waals surface area contributed by atoms with Crippen LogP contribution in [0.25, 0.3) is 0 Å². The summed E-state index contributed by atoms with van der Waals surface area (Å²) in [5.74, 6) is 1.15. The number of amides is 1. The molecule has 7 heteroatoms. The van der Waals surface area contributed by atoms with Crippen molar-refractivity contribution < 1.29 is 18.8 Å². The van der Waals surface area contributed by atoms with Crippen molar-refractivity contribution in [3.8, 4) is 0 Å². The smallest absolute Gasteiger partial charge is 0.253 e. The lowest BCUT2D eigenvalue weighted by molar-refractivity contribution is 0.0775. The van der Waals surface area contributed by atoms with Crippen molar-refractivity contribution >= 4 is 5.91 Å². The largest absolute Gasteiger partial charge is 0.384 e. The van der Waals surface area contributed by atoms with Crippen LogP contribution < -0.4 is 0 Å². The first kappa shape index (κ1) is 17.6. The van der Waals surface area contributed by atoms with Gasteiger partial charge in [-0.05, 0) is 19.1 Å². The summed E-state index contributed by atoms with van der Waals surface area (Å²) < 4.78 is 15.8. The second-order valence-electron chi connectivity index (χ2n) is 6.38. The van der Waals surface area contributed by atoms with Gasteiger partial charge in [-0.1, -0.05) is 22.9 Å². The standard InChI is InChI=1S/C18H23N3O4/c1-12-5-4-6-13(7-12)18(22)21-8-14(10-23-2)15(9-21)17-19-16(11-24-3)20-25-17/h4-7,14-15H,8-11H2,1-3H3/t14-,15+/m0/s1. The molecule has 1 aromatic heterocycles. The fourth-order valence-corrected chi connectivity index (χ4v) is 3.27. The third-order valence-corrected chi connectivity index (χ3v) is 4.45. The molecular weight excluding hydrogens is 322 g/mol. The molecular formula is C18H23N3O4. The van der Waals surface area contributed by atoms with E-state index in [1.54, 1.807) is 14.2 Å². The fourth-order valence-electron chi connectivity index (χ4n) is 3.27. The number of aryl methyl sites for hydroxylation is 1. The molecule has 2 heterocycles. The maximum absolute atomic E-state index is 12.8. The number of benzene rings is 1. The predicted octanol–water partition coefficient (Wildman–Crippen LogP) is 2.03. The van der Waals surface area contributed by atoms with Crippen LogP contribution in [0.2, 0.25) is 0 Å². The lowest BCUT2D eigenvalue weighted by Crippen LogP contribution is -2.29. The highest BCUT2D eigenvalue weighted by Crippen LogP contribution is 2.33. The third-order valence-electron chi connectivity index (χ3n) is 4.45. The van der Waals surface area contributed by atoms with E-state index in [-0.39, 0.29) is 17.7 Å². The molecule has 1 aromatic carbocycles. The minimum absolute atomic E-state index is 0.0175. The summed E-state index contributed by atoms with van der Waals surface area (Å²) >= 11 is 0. The van der Waals surface area contributed by atoms with E-state index in [0.717, 1.165) is 5.56 Å². The van der Waals surface area contributed by atoms with Crippen molar-refractivity contribution in [2.75, 3.05) is 33.9 Å². The van der Waals surface area contributed by atoms with Gasteiger partial charge in [0.15, 0.2) is 5.82 Å². The fraction of sp³-hybridized carbons (Fsp3) is 0.500. The summed E-state index contributed by atoms with van der Waals surface area (Å²) in [6.07, 6.45) is 0. The van der Waals surface area contributed by atoms with Gasteiger partial charge in [0.25, 0.3) is 5.91 Å². The number of rotatable bonds is 6. The Bertz CT molecular complexity index is 731. The lowest BCUT2D eigenvalue weighted by Gasteiger charge is -2.16. The van der Waals surface area contributed by atoms with Crippen molar-refractivity contribution in [1.82, 2.24) is 15.0 Å². The van der Waals surface area contributed by atoms with Gasteiger partial charge in [-0.15, -0.1) is 0 Å². The molecule has 0 N–H and O–H groups in total. The van der Waals surface area contributed by atoms with Crippen LogP contribution >= 0.6 is 0 Å². The lowest BCUT2D eigenvalue weighted by atomic mass is 9.97. The van der Waals surface area contributed by atoms with E-state index in [9.17, 15) is 4.79 Å². The number of carbonyl (C=O) groups excluding carboxylic acids is 1. The normalized spacial score (nSPS) is 20.2. The minimum Gasteiger partial charge on any atom is -0.384 e. The van der Waals surface area contributed by atoms with Crippen molar-refractivity contribution in [1.29, 1.82) is 0 Å². The first-order valence-corrected chi connectivity index (χ1v) is 8.28. The highest BCUT2D eigenvalue weighted by atomic mass is 16.5. The highest BCUT2D eigenvalue weighted by molar-refractivity contribution is 5.94. The van der Waals surface area contributed by atoms with E-state index in [1.165, 1.54) is 0 Å². The van der Waals surface area contributed by atoms with Gasteiger partial charge in [-0.25, -0.2) is 0 Å². The second kappa shape index (κ2) is 7.76. The first-order valence-electron chi connectivity index (χ1n) is 8.28. The van der Waals surface area contributed by atoms with Gasteiger partial charge in [0.1, 0.15) is 6.61 Å². The molecule has 1 saturated heterocycles. The molecule has 0 unspecified atom stereocenters. The van der Waals surface area contributed by atoms with E-state index in [0.29, 0.717) is 43.6 Å². The number of hydrogen-bond donors (Lipinski definition) is 0. The molecule has 2 aromatic rings. The first-order chi connectivity index (χ1) is 12.1. The number of hydrogen-bond acceptors (Lipinski definition) is 6. The van der Waals surface area contributed by atoms with Crippen LogP contribution in [0.5, 0.6) is 0 Å². The Labute approximate surface area is 146 Å². The molecule has 1 fully saturated rings. The van der Waals surface area contributed by atoms with Gasteiger partial charge in [0.2, 0.25) is 5.89 Å². The average molecular weight is 345 g/mol. The minimum atomic E-state index is -0.0354. The Balaban J connectivity index is 1.78. The summed E-state index contributed by atoms with van der Waals surface area (Å²) in [6.45, 7) is 3.96. The summed E-state index contributed by atoms with van der Waals surface area (Å²) in [6, 6.07) is 7.63. The summed E-state index contributed by atoms with van der Waals surface area (Å²) in [4.78, 5) is 19.1. The summed E-state index contributed by atoms with van der Waals surface area (Å²) in [5.41, 5.74) is 1.76. The molecule has 1 aliphatic rings. The van der Waals surface area contributed by atoms with Gasteiger partial charge in [0.05, 0.1) is 12.5 Å². The van der Waals surface area contributed by atoms with Crippen LogP contribution in [0.3, 0.4) is 0 Å². The van der Waals surface area contributed by atoms with E-state index < -0.39 is 0 Å². The number of carbonyl (C=O) groups is 1. The molecule has 0 spiro atoms. The average Bonchev–Trinajstić information content (AvgIpc) is 3.22. The van der Waals surface area contributed by atoms with Crippen LogP contribution in [0, 0.1) is 12.8 Å². The van der Waals surface area contributed by atoms with Crippen molar-refractivity contribution in [3.05, 3.63) is 47.1 Å². The Kier molecular flexibility index (Phi) is 5.45. The molecule has 1 amide bonds. The molecule has 3 rings (SSSR count). The third kappa shape index (κ3) is 3.88. The number of nitrogens with zero attached hydrogens (tertiary/aromatic N) is 3. The Morgan fingerprint density at radius 1 is 1.32 bits per heavy atom. The number of ether oxygens (including phenoxy) is 2. The van der Waals surface area contributed by atoms with Crippen molar-refractivity contribution in [2.24, 2.45) is 5.92 Å². The number of methoxy groups -OCH3 is 2. The highest BCUT2D eigenvalue weighted by Gasteiger charge is 2.39. The number of aromatic nitrogens is 2. The second-order valence-corrected chi connectivity index (χ2v) is 6.38. The molecule has 0 bridgehead atoms. The van der Waals surface area contributed by atoms with Gasteiger partial charge in [0, 0.05) is 38.8 Å². The molecule has 0 radical (unpaired) electrons. The SMILES string of the molecule is COCc1noc([C@@H]2CN(C(=O)c3cccc(C)c3)C[C@H]2COC)n1. The van der Waals surface area contributed by atoms with Crippen LogP contribution in [0.4, 0.5) is 0 Å². The van der Waals surface area contributed by atoms with Gasteiger partial charge in [-0.2, -0.15) is 4.98 Å². The molecule has 7 nitrogen and oxygen atoms in total. The maximum Gasteiger partial charge on any atom is 0.253 e. The van der Waals surface area contributed by atoms with Crippen LogP contribution in [-0.2, 0) is 16.1 Å². The summed E-state index contributed by atoms with van der Waals surface area (Å²) in [5, 5.41) is 3.93. The quantitative estimate of drug-likeness (QED) is 0.797.